The van der Waals surface area contributed by atoms with Crippen molar-refractivity contribution < 1.29 is 9.59 Å². The molecule has 4 fully saturated rings. The molecule has 128 valence electrons. The maximum atomic E-state index is 12.8. The second-order valence-electron chi connectivity index (χ2n) is 7.81. The topological polar surface area (TPSA) is 58.2 Å². The van der Waals surface area contributed by atoms with E-state index in [9.17, 15) is 9.59 Å². The number of rotatable bonds is 2. The van der Waals surface area contributed by atoms with Crippen LogP contribution in [-0.2, 0) is 4.79 Å². The van der Waals surface area contributed by atoms with Gasteiger partial charge < -0.3 is 0 Å². The van der Waals surface area contributed by atoms with E-state index in [-0.39, 0.29) is 16.7 Å². The van der Waals surface area contributed by atoms with Crippen molar-refractivity contribution in [2.45, 2.75) is 43.4 Å². The van der Waals surface area contributed by atoms with Crippen LogP contribution in [0.1, 0.15) is 48.9 Å². The predicted molar refractivity (Wildman–Crippen MR) is 92.8 cm³/mol. The Kier molecular flexibility index (Phi) is 3.81. The molecule has 24 heavy (non-hydrogen) atoms. The predicted octanol–water partition coefficient (Wildman–Crippen LogP) is 3.68. The lowest BCUT2D eigenvalue weighted by atomic mass is 9.49. The molecular weight excluding hydrogens is 347 g/mol. The van der Waals surface area contributed by atoms with Gasteiger partial charge in [-0.3, -0.25) is 20.4 Å². The summed E-state index contributed by atoms with van der Waals surface area (Å²) in [5, 5.41) is 0.485. The van der Waals surface area contributed by atoms with Crippen molar-refractivity contribution >= 4 is 35.0 Å². The first-order valence-corrected chi connectivity index (χ1v) is 9.18. The normalized spacial score (nSPS) is 36.4. The maximum absolute atomic E-state index is 12.8. The van der Waals surface area contributed by atoms with Gasteiger partial charge in [-0.1, -0.05) is 17.7 Å². The van der Waals surface area contributed by atoms with Crippen molar-refractivity contribution in [1.29, 1.82) is 0 Å². The van der Waals surface area contributed by atoms with Gasteiger partial charge in [-0.05, 0) is 68.6 Å². The molecule has 0 heterocycles. The van der Waals surface area contributed by atoms with E-state index in [0.29, 0.717) is 28.8 Å². The number of carbonyl (C=O) groups excluding carboxylic acids is 2. The number of alkyl halides is 1. The van der Waals surface area contributed by atoms with Crippen LogP contribution in [0.3, 0.4) is 0 Å². The molecule has 2 N–H and O–H groups in total. The van der Waals surface area contributed by atoms with Crippen LogP contribution in [0.5, 0.6) is 0 Å². The third-order valence-electron chi connectivity index (χ3n) is 5.85. The molecule has 0 radical (unpaired) electrons. The molecule has 2 amide bonds. The Bertz CT molecular complexity index is 692. The largest absolute Gasteiger partial charge is 0.273 e. The van der Waals surface area contributed by atoms with E-state index in [0.717, 1.165) is 25.7 Å². The zero-order chi connectivity index (χ0) is 16.9. The first-order chi connectivity index (χ1) is 11.4. The fraction of sp³-hybridized carbons (Fsp3) is 0.556. The molecule has 4 atom stereocenters. The number of amides is 2. The molecule has 4 saturated carbocycles. The third-order valence-corrected chi connectivity index (χ3v) is 6.53. The Morgan fingerprint density at radius 3 is 2.42 bits per heavy atom. The van der Waals surface area contributed by atoms with Crippen LogP contribution in [0, 0.1) is 17.3 Å². The second-order valence-corrected chi connectivity index (χ2v) is 9.05. The first-order valence-electron chi connectivity index (χ1n) is 8.43. The van der Waals surface area contributed by atoms with E-state index in [1.807, 2.05) is 0 Å². The highest BCUT2D eigenvalue weighted by Crippen LogP contribution is 2.63. The molecular formula is C18H20Cl2N2O2. The molecule has 1 aromatic carbocycles. The van der Waals surface area contributed by atoms with Crippen molar-refractivity contribution in [3.05, 3.63) is 34.9 Å². The van der Waals surface area contributed by atoms with Gasteiger partial charge >= 0.3 is 0 Å². The lowest BCUT2D eigenvalue weighted by molar-refractivity contribution is -0.145. The summed E-state index contributed by atoms with van der Waals surface area (Å²) < 4.78 is 0. The molecule has 4 nitrogen and oxygen atoms in total. The van der Waals surface area contributed by atoms with Gasteiger partial charge in [0, 0.05) is 15.5 Å². The summed E-state index contributed by atoms with van der Waals surface area (Å²) in [6.07, 6.45) is 5.73. The second kappa shape index (κ2) is 5.63. The lowest BCUT2D eigenvalue weighted by Gasteiger charge is -2.59. The van der Waals surface area contributed by atoms with Gasteiger partial charge in [-0.25, -0.2) is 0 Å². The van der Waals surface area contributed by atoms with E-state index >= 15 is 0 Å². The van der Waals surface area contributed by atoms with Gasteiger partial charge in [0.05, 0.1) is 5.41 Å². The smallest absolute Gasteiger partial charge is 0.269 e. The van der Waals surface area contributed by atoms with Gasteiger partial charge in [0.2, 0.25) is 5.91 Å². The van der Waals surface area contributed by atoms with Gasteiger partial charge in [0.1, 0.15) is 0 Å². The summed E-state index contributed by atoms with van der Waals surface area (Å²) >= 11 is 12.7. The minimum Gasteiger partial charge on any atom is -0.273 e. The van der Waals surface area contributed by atoms with Crippen molar-refractivity contribution in [3.8, 4) is 0 Å². The molecule has 0 aliphatic heterocycles. The molecule has 5 rings (SSSR count). The Balaban J connectivity index is 1.44. The Hall–Kier alpha value is -1.26. The van der Waals surface area contributed by atoms with E-state index < -0.39 is 5.41 Å². The van der Waals surface area contributed by atoms with Crippen molar-refractivity contribution in [2.24, 2.45) is 17.3 Å². The Morgan fingerprint density at radius 2 is 1.79 bits per heavy atom. The highest BCUT2D eigenvalue weighted by Gasteiger charge is 2.60. The Labute approximate surface area is 151 Å². The molecule has 4 aliphatic rings. The van der Waals surface area contributed by atoms with Gasteiger partial charge in [0.15, 0.2) is 0 Å². The number of benzene rings is 1. The van der Waals surface area contributed by atoms with Gasteiger partial charge in [-0.2, -0.15) is 0 Å². The number of carbonyl (C=O) groups is 2. The molecule has 1 aromatic rings. The van der Waals surface area contributed by atoms with E-state index in [1.54, 1.807) is 24.3 Å². The summed E-state index contributed by atoms with van der Waals surface area (Å²) in [5.41, 5.74) is 5.15. The van der Waals surface area contributed by atoms with Crippen molar-refractivity contribution in [1.82, 2.24) is 10.9 Å². The number of halogens is 2. The fourth-order valence-electron chi connectivity index (χ4n) is 5.36. The standard InChI is InChI=1S/C18H20Cl2N2O2/c19-14-3-1-2-13(5-14)15(23)21-22-16(24)17-6-11-4-12(7-17)9-18(20,8-11)10-17/h1-3,5,11-12H,4,6-10H2,(H,21,23)(H,22,24)/t11-,12+,17?,18?. The molecule has 0 aromatic heterocycles. The van der Waals surface area contributed by atoms with Crippen LogP contribution in [0.15, 0.2) is 24.3 Å². The first kappa shape index (κ1) is 16.2. The molecule has 0 spiro atoms. The molecule has 6 heteroatoms. The van der Waals surface area contributed by atoms with E-state index in [1.165, 1.54) is 6.42 Å². The molecule has 0 saturated heterocycles. The average molecular weight is 367 g/mol. The fourth-order valence-corrected chi connectivity index (χ4v) is 6.25. The minimum atomic E-state index is -0.423. The average Bonchev–Trinajstić information content (AvgIpc) is 2.49. The lowest BCUT2D eigenvalue weighted by Crippen LogP contribution is -2.60. The van der Waals surface area contributed by atoms with Crippen LogP contribution in [0.4, 0.5) is 0 Å². The molecule has 2 unspecified atom stereocenters. The van der Waals surface area contributed by atoms with E-state index in [4.69, 9.17) is 23.2 Å². The van der Waals surface area contributed by atoms with Crippen LogP contribution in [0.2, 0.25) is 5.02 Å². The summed E-state index contributed by atoms with van der Waals surface area (Å²) in [6.45, 7) is 0. The van der Waals surface area contributed by atoms with Crippen LogP contribution in [-0.4, -0.2) is 16.7 Å². The quantitative estimate of drug-likeness (QED) is 0.619. The highest BCUT2D eigenvalue weighted by molar-refractivity contribution is 6.31. The molecule has 4 aliphatic carbocycles. The van der Waals surface area contributed by atoms with Gasteiger partial charge in [0.25, 0.3) is 5.91 Å². The van der Waals surface area contributed by atoms with E-state index in [2.05, 4.69) is 10.9 Å². The molecule has 4 bridgehead atoms. The summed E-state index contributed by atoms with van der Waals surface area (Å²) in [4.78, 5) is 24.8. The van der Waals surface area contributed by atoms with Crippen molar-refractivity contribution in [3.63, 3.8) is 0 Å². The number of hydrazine groups is 1. The zero-order valence-corrected chi connectivity index (χ0v) is 14.8. The highest BCUT2D eigenvalue weighted by atomic mass is 35.5. The summed E-state index contributed by atoms with van der Waals surface area (Å²) in [5.74, 6) is 0.615. The number of nitrogens with one attached hydrogen (secondary N) is 2. The zero-order valence-electron chi connectivity index (χ0n) is 13.3. The minimum absolute atomic E-state index is 0.1000. The maximum Gasteiger partial charge on any atom is 0.269 e. The third kappa shape index (κ3) is 2.80. The van der Waals surface area contributed by atoms with Gasteiger partial charge in [-0.15, -0.1) is 11.6 Å². The SMILES string of the molecule is O=C(NNC(=O)C12C[C@@H]3C[C@@H](CC(Cl)(C3)C1)C2)c1cccc(Cl)c1. The Morgan fingerprint density at radius 1 is 1.08 bits per heavy atom. The van der Waals surface area contributed by atoms with Crippen LogP contribution < -0.4 is 10.9 Å². The summed E-state index contributed by atoms with van der Waals surface area (Å²) in [7, 11) is 0. The summed E-state index contributed by atoms with van der Waals surface area (Å²) in [6, 6.07) is 6.63. The van der Waals surface area contributed by atoms with Crippen LogP contribution in [0.25, 0.3) is 0 Å². The van der Waals surface area contributed by atoms with Crippen molar-refractivity contribution in [2.75, 3.05) is 0 Å². The number of hydrogen-bond acceptors (Lipinski definition) is 2. The van der Waals surface area contributed by atoms with Crippen LogP contribution >= 0.6 is 23.2 Å². The number of hydrogen-bond donors (Lipinski definition) is 2. The monoisotopic (exact) mass is 366 g/mol.